The fourth-order valence-corrected chi connectivity index (χ4v) is 3.79. The van der Waals surface area contributed by atoms with Crippen LogP contribution in [0.25, 0.3) is 0 Å². The predicted octanol–water partition coefficient (Wildman–Crippen LogP) is 4.07. The van der Waals surface area contributed by atoms with Crippen molar-refractivity contribution in [2.45, 2.75) is 44.6 Å². The van der Waals surface area contributed by atoms with E-state index < -0.39 is 11.5 Å². The molecule has 1 saturated carbocycles. The molecule has 0 saturated heterocycles. The highest BCUT2D eigenvalue weighted by atomic mass is 35.5. The smallest absolute Gasteiger partial charge is 0.311 e. The number of halogens is 1. The molecule has 5 nitrogen and oxygen atoms in total. The predicted molar refractivity (Wildman–Crippen MR) is 93.8 cm³/mol. The third kappa shape index (κ3) is 3.56. The highest BCUT2D eigenvalue weighted by molar-refractivity contribution is 6.30. The lowest BCUT2D eigenvalue weighted by atomic mass is 9.87. The molecule has 0 unspecified atom stereocenters. The second-order valence-electron chi connectivity index (χ2n) is 6.54. The van der Waals surface area contributed by atoms with Crippen molar-refractivity contribution in [2.24, 2.45) is 0 Å². The first-order chi connectivity index (χ1) is 11.9. The molecule has 1 heterocycles. The second-order valence-corrected chi connectivity index (χ2v) is 6.98. The first-order valence-corrected chi connectivity index (χ1v) is 8.66. The van der Waals surface area contributed by atoms with Crippen molar-refractivity contribution < 1.29 is 19.1 Å². The Labute approximate surface area is 151 Å². The molecule has 0 atom stereocenters. The van der Waals surface area contributed by atoms with Gasteiger partial charge in [-0.25, -0.2) is 0 Å². The number of aryl methyl sites for hydroxylation is 1. The summed E-state index contributed by atoms with van der Waals surface area (Å²) in [6, 6.07) is 7.54. The Kier molecular flexibility index (Phi) is 4.86. The van der Waals surface area contributed by atoms with Crippen LogP contribution in [-0.2, 0) is 16.8 Å². The molecule has 3 rings (SSSR count). The van der Waals surface area contributed by atoms with Gasteiger partial charge in [-0.1, -0.05) is 36.6 Å². The van der Waals surface area contributed by atoms with Crippen molar-refractivity contribution in [3.8, 4) is 0 Å². The van der Waals surface area contributed by atoms with Gasteiger partial charge in [-0.3, -0.25) is 9.59 Å². The quantitative estimate of drug-likeness (QED) is 0.841. The average molecular weight is 362 g/mol. The van der Waals surface area contributed by atoms with Gasteiger partial charge in [0.25, 0.3) is 5.91 Å². The zero-order valence-corrected chi connectivity index (χ0v) is 14.7. The maximum atomic E-state index is 13.0. The van der Waals surface area contributed by atoms with E-state index in [-0.39, 0.29) is 18.1 Å². The normalized spacial score (nSPS) is 15.9. The molecule has 2 N–H and O–H groups in total. The highest BCUT2D eigenvalue weighted by Crippen LogP contribution is 2.40. The van der Waals surface area contributed by atoms with E-state index in [4.69, 9.17) is 21.1 Å². The number of aliphatic carboxylic acids is 1. The Morgan fingerprint density at radius 3 is 2.68 bits per heavy atom. The summed E-state index contributed by atoms with van der Waals surface area (Å²) in [5.74, 6) is -1.15. The van der Waals surface area contributed by atoms with E-state index in [9.17, 15) is 9.59 Å². The third-order valence-corrected chi connectivity index (χ3v) is 5.01. The molecule has 1 fully saturated rings. The van der Waals surface area contributed by atoms with Crippen molar-refractivity contribution in [1.29, 1.82) is 0 Å². The van der Waals surface area contributed by atoms with Gasteiger partial charge in [0.1, 0.15) is 12.2 Å². The van der Waals surface area contributed by atoms with Crippen LogP contribution in [0.4, 0.5) is 0 Å². The maximum absolute atomic E-state index is 13.0. The van der Waals surface area contributed by atoms with Gasteiger partial charge >= 0.3 is 5.97 Å². The van der Waals surface area contributed by atoms with Crippen LogP contribution < -0.4 is 5.32 Å². The first-order valence-electron chi connectivity index (χ1n) is 8.28. The van der Waals surface area contributed by atoms with Gasteiger partial charge in [0, 0.05) is 10.6 Å². The lowest BCUT2D eigenvalue weighted by Crippen LogP contribution is -2.44. The largest absolute Gasteiger partial charge is 0.481 e. The number of rotatable bonds is 5. The molecule has 1 amide bonds. The van der Waals surface area contributed by atoms with Crippen molar-refractivity contribution in [3.63, 3.8) is 0 Å². The van der Waals surface area contributed by atoms with Gasteiger partial charge in [-0.15, -0.1) is 0 Å². The van der Waals surface area contributed by atoms with Crippen LogP contribution in [0.15, 0.2) is 34.9 Å². The summed E-state index contributed by atoms with van der Waals surface area (Å²) in [6.07, 6.45) is 4.78. The Morgan fingerprint density at radius 1 is 1.32 bits per heavy atom. The van der Waals surface area contributed by atoms with E-state index in [1.54, 1.807) is 13.0 Å². The van der Waals surface area contributed by atoms with E-state index >= 15 is 0 Å². The van der Waals surface area contributed by atoms with Gasteiger partial charge < -0.3 is 14.8 Å². The van der Waals surface area contributed by atoms with Crippen LogP contribution in [0.2, 0.25) is 5.02 Å². The van der Waals surface area contributed by atoms with E-state index in [1.807, 2.05) is 18.2 Å². The zero-order chi connectivity index (χ0) is 18.0. The molecular weight excluding hydrogens is 342 g/mol. The number of benzene rings is 1. The zero-order valence-electron chi connectivity index (χ0n) is 14.0. The minimum Gasteiger partial charge on any atom is -0.481 e. The minimum atomic E-state index is -1.03. The van der Waals surface area contributed by atoms with Gasteiger partial charge in [-0.05, 0) is 37.5 Å². The molecular formula is C19H20ClNO4. The summed E-state index contributed by atoms with van der Waals surface area (Å²) in [4.78, 5) is 24.0. The summed E-state index contributed by atoms with van der Waals surface area (Å²) < 4.78 is 5.29. The number of carboxylic acids is 1. The summed E-state index contributed by atoms with van der Waals surface area (Å²) in [5, 5.41) is 12.8. The number of carbonyl (C=O) groups is 2. The molecule has 2 aromatic rings. The maximum Gasteiger partial charge on any atom is 0.311 e. The van der Waals surface area contributed by atoms with Crippen LogP contribution in [0.5, 0.6) is 0 Å². The van der Waals surface area contributed by atoms with Crippen LogP contribution in [0, 0.1) is 6.92 Å². The molecule has 0 spiro atoms. The molecule has 132 valence electrons. The number of hydrogen-bond donors (Lipinski definition) is 2. The number of nitrogens with one attached hydrogen (secondary N) is 1. The summed E-state index contributed by atoms with van der Waals surface area (Å²) in [5.41, 5.74) is 1.45. The second kappa shape index (κ2) is 6.92. The lowest BCUT2D eigenvalue weighted by molar-refractivity contribution is -0.136. The molecule has 25 heavy (non-hydrogen) atoms. The monoisotopic (exact) mass is 361 g/mol. The van der Waals surface area contributed by atoms with Crippen LogP contribution in [-0.4, -0.2) is 17.0 Å². The van der Waals surface area contributed by atoms with Crippen LogP contribution in [0.1, 0.15) is 52.9 Å². The molecule has 1 aliphatic carbocycles. The molecule has 1 aromatic carbocycles. The third-order valence-electron chi connectivity index (χ3n) is 4.78. The molecule has 1 aliphatic rings. The molecule has 1 aromatic heterocycles. The number of carbonyl (C=O) groups excluding carboxylic acids is 1. The van der Waals surface area contributed by atoms with E-state index in [0.29, 0.717) is 16.1 Å². The van der Waals surface area contributed by atoms with Crippen molar-refractivity contribution >= 4 is 23.5 Å². The standard InChI is InChI=1S/C19H20ClNO4/c1-12-11-25-15(10-16(22)23)17(12)18(24)21-19(7-2-3-8-19)13-5-4-6-14(20)9-13/h4-6,9,11H,2-3,7-8,10H2,1H3,(H,21,24)(H,22,23). The number of furan rings is 1. The van der Waals surface area contributed by atoms with Crippen LogP contribution in [0.3, 0.4) is 0 Å². The number of hydrogen-bond acceptors (Lipinski definition) is 3. The first kappa shape index (κ1) is 17.5. The van der Waals surface area contributed by atoms with Gasteiger partial charge in [-0.2, -0.15) is 0 Å². The molecule has 6 heteroatoms. The summed E-state index contributed by atoms with van der Waals surface area (Å²) >= 11 is 6.14. The summed E-state index contributed by atoms with van der Waals surface area (Å²) in [7, 11) is 0. The average Bonchev–Trinajstić information content (AvgIpc) is 3.15. The Balaban J connectivity index is 1.93. The summed E-state index contributed by atoms with van der Waals surface area (Å²) in [6.45, 7) is 1.74. The van der Waals surface area contributed by atoms with Crippen molar-refractivity contribution in [1.82, 2.24) is 5.32 Å². The van der Waals surface area contributed by atoms with E-state index in [1.165, 1.54) is 6.26 Å². The van der Waals surface area contributed by atoms with Gasteiger partial charge in [0.05, 0.1) is 17.4 Å². The highest BCUT2D eigenvalue weighted by Gasteiger charge is 2.38. The Hall–Kier alpha value is -2.27. The molecule has 0 bridgehead atoms. The molecule has 0 radical (unpaired) electrons. The van der Waals surface area contributed by atoms with Crippen molar-refractivity contribution in [2.75, 3.05) is 0 Å². The Morgan fingerprint density at radius 2 is 2.04 bits per heavy atom. The SMILES string of the molecule is Cc1coc(CC(=O)O)c1C(=O)NC1(c2cccc(Cl)c2)CCCC1. The van der Waals surface area contributed by atoms with Gasteiger partial charge in [0.2, 0.25) is 0 Å². The lowest BCUT2D eigenvalue weighted by Gasteiger charge is -2.31. The van der Waals surface area contributed by atoms with Gasteiger partial charge in [0.15, 0.2) is 0 Å². The fourth-order valence-electron chi connectivity index (χ4n) is 3.60. The van der Waals surface area contributed by atoms with E-state index in [2.05, 4.69) is 5.32 Å². The van der Waals surface area contributed by atoms with Crippen molar-refractivity contribution in [3.05, 3.63) is 58.0 Å². The number of carboxylic acid groups (broad SMARTS) is 1. The minimum absolute atomic E-state index is 0.182. The van der Waals surface area contributed by atoms with E-state index in [0.717, 1.165) is 31.2 Å². The topological polar surface area (TPSA) is 79.5 Å². The fraction of sp³-hybridized carbons (Fsp3) is 0.368. The van der Waals surface area contributed by atoms with Crippen LogP contribution >= 0.6 is 11.6 Å². The Bertz CT molecular complexity index is 806. The number of amides is 1. The molecule has 0 aliphatic heterocycles.